The van der Waals surface area contributed by atoms with Crippen molar-refractivity contribution < 1.29 is 4.74 Å². The fourth-order valence-corrected chi connectivity index (χ4v) is 2.33. The molecule has 0 aliphatic rings. The fraction of sp³-hybridized carbons (Fsp3) is 0.500. The van der Waals surface area contributed by atoms with Crippen molar-refractivity contribution in [3.63, 3.8) is 0 Å². The minimum absolute atomic E-state index is 0.241. The quantitative estimate of drug-likeness (QED) is 0.786. The smallest absolute Gasteiger partial charge is 0.227 e. The third-order valence-electron chi connectivity index (χ3n) is 2.35. The first-order valence-corrected chi connectivity index (χ1v) is 6.75. The Labute approximate surface area is 110 Å². The second kappa shape index (κ2) is 4.78. The topological polar surface area (TPSA) is 35.0 Å². The molecule has 0 fully saturated rings. The molecule has 0 atom stereocenters. The van der Waals surface area contributed by atoms with E-state index in [1.165, 1.54) is 11.3 Å². The van der Waals surface area contributed by atoms with Crippen LogP contribution >= 0.6 is 22.9 Å². The van der Waals surface area contributed by atoms with E-state index in [1.54, 1.807) is 0 Å². The molecule has 0 unspecified atom stereocenters. The molecule has 0 saturated heterocycles. The summed E-state index contributed by atoms with van der Waals surface area (Å²) in [5.41, 5.74) is 0.255. The number of fused-ring (bicyclic) bond motifs is 1. The van der Waals surface area contributed by atoms with Crippen LogP contribution in [0.15, 0.2) is 11.4 Å². The van der Waals surface area contributed by atoms with Crippen molar-refractivity contribution in [2.75, 3.05) is 6.61 Å². The summed E-state index contributed by atoms with van der Waals surface area (Å²) in [5, 5.41) is 3.14. The molecule has 2 rings (SSSR count). The normalized spacial score (nSPS) is 12.0. The minimum atomic E-state index is 0.241. The molecule has 2 aromatic rings. The third kappa shape index (κ3) is 3.30. The summed E-state index contributed by atoms with van der Waals surface area (Å²) in [4.78, 5) is 9.15. The van der Waals surface area contributed by atoms with Gasteiger partial charge < -0.3 is 4.74 Å². The van der Waals surface area contributed by atoms with E-state index in [1.807, 2.05) is 11.4 Å². The van der Waals surface area contributed by atoms with Crippen LogP contribution in [0.3, 0.4) is 0 Å². The van der Waals surface area contributed by atoms with E-state index in [0.29, 0.717) is 12.5 Å². The molecular weight excluding hydrogens is 256 g/mol. The lowest BCUT2D eigenvalue weighted by atomic mass is 9.93. The summed E-state index contributed by atoms with van der Waals surface area (Å²) in [6, 6.07) is 1.96. The SMILES string of the molecule is CC(C)(C)CCOc1nc(Cl)nc2sccc12. The number of aromatic nitrogens is 2. The molecule has 0 aliphatic heterocycles. The molecule has 17 heavy (non-hydrogen) atoms. The molecule has 0 bridgehead atoms. The minimum Gasteiger partial charge on any atom is -0.477 e. The van der Waals surface area contributed by atoms with E-state index >= 15 is 0 Å². The molecule has 5 heteroatoms. The summed E-state index contributed by atoms with van der Waals surface area (Å²) in [6.45, 7) is 7.19. The van der Waals surface area contributed by atoms with Gasteiger partial charge in [-0.2, -0.15) is 4.98 Å². The Bertz CT molecular complexity index is 519. The highest BCUT2D eigenvalue weighted by Gasteiger charge is 2.12. The average molecular weight is 271 g/mol. The van der Waals surface area contributed by atoms with E-state index in [0.717, 1.165) is 16.6 Å². The second-order valence-corrected chi connectivity index (χ2v) is 6.33. The number of ether oxygens (including phenoxy) is 1. The summed E-state index contributed by atoms with van der Waals surface area (Å²) in [7, 11) is 0. The van der Waals surface area contributed by atoms with Gasteiger partial charge in [0.15, 0.2) is 0 Å². The van der Waals surface area contributed by atoms with Crippen LogP contribution in [0.2, 0.25) is 5.28 Å². The Kier molecular flexibility index (Phi) is 3.54. The number of hydrogen-bond donors (Lipinski definition) is 0. The van der Waals surface area contributed by atoms with Crippen LogP contribution in [0.5, 0.6) is 5.88 Å². The van der Waals surface area contributed by atoms with Crippen molar-refractivity contribution >= 4 is 33.2 Å². The van der Waals surface area contributed by atoms with Crippen molar-refractivity contribution in [1.29, 1.82) is 0 Å². The predicted molar refractivity (Wildman–Crippen MR) is 72.0 cm³/mol. The van der Waals surface area contributed by atoms with E-state index in [9.17, 15) is 0 Å². The summed E-state index contributed by atoms with van der Waals surface area (Å²) >= 11 is 7.39. The van der Waals surface area contributed by atoms with E-state index in [4.69, 9.17) is 16.3 Å². The molecule has 0 aliphatic carbocycles. The van der Waals surface area contributed by atoms with Gasteiger partial charge in [-0.15, -0.1) is 11.3 Å². The molecule has 0 radical (unpaired) electrons. The van der Waals surface area contributed by atoms with E-state index in [-0.39, 0.29) is 10.7 Å². The van der Waals surface area contributed by atoms with Gasteiger partial charge in [-0.3, -0.25) is 0 Å². The number of hydrogen-bond acceptors (Lipinski definition) is 4. The van der Waals surface area contributed by atoms with Crippen molar-refractivity contribution in [3.8, 4) is 5.88 Å². The molecule has 0 aromatic carbocycles. The monoisotopic (exact) mass is 270 g/mol. The zero-order chi connectivity index (χ0) is 12.5. The maximum Gasteiger partial charge on any atom is 0.227 e. The number of halogens is 1. The van der Waals surface area contributed by atoms with Crippen molar-refractivity contribution in [2.45, 2.75) is 27.2 Å². The van der Waals surface area contributed by atoms with Crippen molar-refractivity contribution in [3.05, 3.63) is 16.7 Å². The Morgan fingerprint density at radius 3 is 2.82 bits per heavy atom. The zero-order valence-electron chi connectivity index (χ0n) is 10.2. The van der Waals surface area contributed by atoms with E-state index in [2.05, 4.69) is 30.7 Å². The van der Waals surface area contributed by atoms with Crippen LogP contribution in [0, 0.1) is 5.41 Å². The molecule has 2 aromatic heterocycles. The van der Waals surface area contributed by atoms with Gasteiger partial charge in [0.05, 0.1) is 12.0 Å². The zero-order valence-corrected chi connectivity index (χ0v) is 11.7. The van der Waals surface area contributed by atoms with Crippen LogP contribution in [0.1, 0.15) is 27.2 Å². The third-order valence-corrected chi connectivity index (χ3v) is 3.33. The van der Waals surface area contributed by atoms with Crippen LogP contribution in [0.25, 0.3) is 10.2 Å². The van der Waals surface area contributed by atoms with Gasteiger partial charge in [-0.1, -0.05) is 20.8 Å². The number of rotatable bonds is 3. The Balaban J connectivity index is 2.15. The summed E-state index contributed by atoms with van der Waals surface area (Å²) in [6.07, 6.45) is 0.972. The molecule has 0 saturated carbocycles. The number of nitrogens with zero attached hydrogens (tertiary/aromatic N) is 2. The molecule has 2 heterocycles. The van der Waals surface area contributed by atoms with Gasteiger partial charge >= 0.3 is 0 Å². The predicted octanol–water partition coefficient (Wildman–Crippen LogP) is 4.16. The first-order chi connectivity index (χ1) is 7.96. The first-order valence-electron chi connectivity index (χ1n) is 5.49. The molecule has 3 nitrogen and oxygen atoms in total. The largest absolute Gasteiger partial charge is 0.477 e. The van der Waals surface area contributed by atoms with Gasteiger partial charge in [0.2, 0.25) is 11.2 Å². The van der Waals surface area contributed by atoms with Crippen LogP contribution < -0.4 is 4.74 Å². The molecule has 0 spiro atoms. The Hall–Kier alpha value is -0.870. The van der Waals surface area contributed by atoms with E-state index < -0.39 is 0 Å². The summed E-state index contributed by atoms with van der Waals surface area (Å²) in [5.74, 6) is 0.588. The van der Waals surface area contributed by atoms with Gasteiger partial charge in [-0.05, 0) is 34.9 Å². The van der Waals surface area contributed by atoms with Gasteiger partial charge in [0.1, 0.15) is 4.83 Å². The Morgan fingerprint density at radius 2 is 2.12 bits per heavy atom. The molecule has 0 N–H and O–H groups in total. The highest BCUT2D eigenvalue weighted by molar-refractivity contribution is 7.16. The first kappa shape index (κ1) is 12.6. The molecular formula is C12H15ClN2OS. The highest BCUT2D eigenvalue weighted by Crippen LogP contribution is 2.28. The van der Waals surface area contributed by atoms with Gasteiger partial charge in [0.25, 0.3) is 0 Å². The second-order valence-electron chi connectivity index (χ2n) is 5.10. The highest BCUT2D eigenvalue weighted by atomic mass is 35.5. The Morgan fingerprint density at radius 1 is 1.35 bits per heavy atom. The molecule has 92 valence electrons. The van der Waals surface area contributed by atoms with Crippen LogP contribution in [-0.2, 0) is 0 Å². The number of thiophene rings is 1. The van der Waals surface area contributed by atoms with Crippen molar-refractivity contribution in [1.82, 2.24) is 9.97 Å². The fourth-order valence-electron chi connectivity index (χ4n) is 1.37. The standard InChI is InChI=1S/C12H15ClN2OS/c1-12(2,3)5-6-16-9-8-4-7-17-10(8)15-11(13)14-9/h4,7H,5-6H2,1-3H3. The lowest BCUT2D eigenvalue weighted by Crippen LogP contribution is -2.11. The molecule has 0 amide bonds. The lowest BCUT2D eigenvalue weighted by Gasteiger charge is -2.17. The maximum absolute atomic E-state index is 5.85. The van der Waals surface area contributed by atoms with Gasteiger partial charge in [0, 0.05) is 0 Å². The maximum atomic E-state index is 5.85. The van der Waals surface area contributed by atoms with Crippen molar-refractivity contribution in [2.24, 2.45) is 5.41 Å². The van der Waals surface area contributed by atoms with Gasteiger partial charge in [-0.25, -0.2) is 4.98 Å². The van der Waals surface area contributed by atoms with Crippen LogP contribution in [0.4, 0.5) is 0 Å². The lowest BCUT2D eigenvalue weighted by molar-refractivity contribution is 0.238. The summed E-state index contributed by atoms with van der Waals surface area (Å²) < 4.78 is 5.71. The van der Waals surface area contributed by atoms with Crippen LogP contribution in [-0.4, -0.2) is 16.6 Å². The average Bonchev–Trinajstić information content (AvgIpc) is 2.63.